The number of likely N-dealkylation sites (tertiary alicyclic amines) is 1. The van der Waals surface area contributed by atoms with Crippen LogP contribution in [0.1, 0.15) is 25.3 Å². The molecule has 1 aliphatic rings. The van der Waals surface area contributed by atoms with Gasteiger partial charge in [-0.05, 0) is 49.8 Å². The quantitative estimate of drug-likeness (QED) is 0.493. The summed E-state index contributed by atoms with van der Waals surface area (Å²) in [6.07, 6.45) is 3.24. The number of thioether (sulfide) groups is 1. The average Bonchev–Trinajstić information content (AvgIpc) is 3.34. The molecule has 154 valence electrons. The number of fused-ring (bicyclic) bond motifs is 3. The summed E-state index contributed by atoms with van der Waals surface area (Å²) in [5.41, 5.74) is 3.32. The van der Waals surface area contributed by atoms with Crippen molar-refractivity contribution in [2.45, 2.75) is 36.6 Å². The number of carbonyl (C=O) groups excluding carboxylic acids is 1. The molecule has 1 amide bonds. The van der Waals surface area contributed by atoms with Crippen LogP contribution in [0.25, 0.3) is 16.8 Å². The highest BCUT2D eigenvalue weighted by atomic mass is 32.2. The Morgan fingerprint density at radius 2 is 1.87 bits per heavy atom. The van der Waals surface area contributed by atoms with Crippen LogP contribution in [-0.4, -0.2) is 48.7 Å². The van der Waals surface area contributed by atoms with E-state index in [9.17, 15) is 4.79 Å². The maximum atomic E-state index is 13.1. The summed E-state index contributed by atoms with van der Waals surface area (Å²) in [7, 11) is 0. The van der Waals surface area contributed by atoms with Gasteiger partial charge in [-0.3, -0.25) is 9.20 Å². The number of hydrogen-bond donors (Lipinski definition) is 1. The summed E-state index contributed by atoms with van der Waals surface area (Å²) in [5.74, 6) is 1.56. The van der Waals surface area contributed by atoms with Crippen LogP contribution < -0.4 is 0 Å². The zero-order chi connectivity index (χ0) is 20.5. The Balaban J connectivity index is 1.22. The molecule has 6 nitrogen and oxygen atoms in total. The lowest BCUT2D eigenvalue weighted by Gasteiger charge is -2.33. The second kappa shape index (κ2) is 8.14. The van der Waals surface area contributed by atoms with Crippen molar-refractivity contribution in [3.05, 3.63) is 60.2 Å². The molecule has 2 aromatic carbocycles. The molecule has 2 aromatic heterocycles. The van der Waals surface area contributed by atoms with Crippen LogP contribution in [-0.2, 0) is 11.2 Å². The molecule has 0 bridgehead atoms. The van der Waals surface area contributed by atoms with Crippen molar-refractivity contribution in [1.82, 2.24) is 24.5 Å². The topological polar surface area (TPSA) is 66.3 Å². The summed E-state index contributed by atoms with van der Waals surface area (Å²) in [6.45, 7) is 3.65. The number of rotatable bonds is 5. The van der Waals surface area contributed by atoms with Crippen LogP contribution in [0.15, 0.2) is 59.8 Å². The van der Waals surface area contributed by atoms with Crippen molar-refractivity contribution in [2.24, 2.45) is 5.92 Å². The van der Waals surface area contributed by atoms with Crippen LogP contribution in [0.5, 0.6) is 0 Å². The van der Waals surface area contributed by atoms with Crippen molar-refractivity contribution in [3.8, 4) is 0 Å². The van der Waals surface area contributed by atoms with Gasteiger partial charge in [0, 0.05) is 13.1 Å². The van der Waals surface area contributed by atoms with Crippen LogP contribution >= 0.6 is 11.8 Å². The highest BCUT2D eigenvalue weighted by molar-refractivity contribution is 8.00. The number of hydrogen-bond acceptors (Lipinski definition) is 4. The van der Waals surface area contributed by atoms with Crippen molar-refractivity contribution in [3.63, 3.8) is 0 Å². The van der Waals surface area contributed by atoms with E-state index in [0.717, 1.165) is 48.5 Å². The zero-order valence-electron chi connectivity index (χ0n) is 17.0. The van der Waals surface area contributed by atoms with E-state index in [2.05, 4.69) is 45.5 Å². The smallest absolute Gasteiger partial charge is 0.235 e. The Labute approximate surface area is 179 Å². The number of nitrogens with one attached hydrogen (secondary N) is 1. The summed E-state index contributed by atoms with van der Waals surface area (Å²) in [5, 5.41) is 7.97. The molecule has 30 heavy (non-hydrogen) atoms. The maximum absolute atomic E-state index is 13.1. The van der Waals surface area contributed by atoms with Gasteiger partial charge in [-0.25, -0.2) is 10.1 Å². The van der Waals surface area contributed by atoms with Gasteiger partial charge >= 0.3 is 0 Å². The molecule has 0 aliphatic carbocycles. The van der Waals surface area contributed by atoms with Crippen LogP contribution in [0.3, 0.4) is 0 Å². The Hall–Kier alpha value is -2.80. The molecule has 1 atom stereocenters. The lowest BCUT2D eigenvalue weighted by Crippen LogP contribution is -2.42. The first-order chi connectivity index (χ1) is 14.7. The monoisotopic (exact) mass is 419 g/mol. The summed E-state index contributed by atoms with van der Waals surface area (Å²) in [4.78, 5) is 19.6. The lowest BCUT2D eigenvalue weighted by atomic mass is 9.90. The summed E-state index contributed by atoms with van der Waals surface area (Å²) < 4.78 is 2.00. The first-order valence-corrected chi connectivity index (χ1v) is 11.4. The maximum Gasteiger partial charge on any atom is 0.235 e. The van der Waals surface area contributed by atoms with E-state index in [0.29, 0.717) is 11.7 Å². The number of piperidine rings is 1. The number of amides is 1. The number of aromatic nitrogens is 4. The van der Waals surface area contributed by atoms with Crippen molar-refractivity contribution in [2.75, 3.05) is 13.1 Å². The number of para-hydroxylation sites is 2. The van der Waals surface area contributed by atoms with E-state index in [1.807, 2.05) is 40.5 Å². The van der Waals surface area contributed by atoms with E-state index >= 15 is 0 Å². The minimum Gasteiger partial charge on any atom is -0.342 e. The Kier molecular flexibility index (Phi) is 5.21. The fourth-order valence-electron chi connectivity index (χ4n) is 4.29. The van der Waals surface area contributed by atoms with E-state index in [1.54, 1.807) is 0 Å². The van der Waals surface area contributed by atoms with Gasteiger partial charge in [-0.2, -0.15) is 0 Å². The highest BCUT2D eigenvalue weighted by Crippen LogP contribution is 2.28. The first-order valence-electron chi connectivity index (χ1n) is 10.5. The van der Waals surface area contributed by atoms with Crippen LogP contribution in [0.4, 0.5) is 0 Å². The fraction of sp³-hybridized carbons (Fsp3) is 0.348. The Morgan fingerprint density at radius 1 is 1.13 bits per heavy atom. The third-order valence-electron chi connectivity index (χ3n) is 5.93. The largest absolute Gasteiger partial charge is 0.342 e. The lowest BCUT2D eigenvalue weighted by molar-refractivity contribution is -0.131. The normalized spacial score (nSPS) is 16.4. The van der Waals surface area contributed by atoms with Crippen molar-refractivity contribution < 1.29 is 4.79 Å². The second-order valence-corrected chi connectivity index (χ2v) is 9.29. The number of imidazole rings is 1. The van der Waals surface area contributed by atoms with E-state index in [4.69, 9.17) is 0 Å². The third-order valence-corrected chi connectivity index (χ3v) is 6.97. The van der Waals surface area contributed by atoms with Gasteiger partial charge in [0.25, 0.3) is 0 Å². The number of carbonyl (C=O) groups is 1. The molecule has 0 radical (unpaired) electrons. The van der Waals surface area contributed by atoms with Crippen molar-refractivity contribution >= 4 is 34.5 Å². The van der Waals surface area contributed by atoms with E-state index in [1.165, 1.54) is 17.3 Å². The number of nitrogens with zero attached hydrogens (tertiary/aromatic N) is 4. The van der Waals surface area contributed by atoms with Crippen molar-refractivity contribution in [1.29, 1.82) is 0 Å². The molecule has 1 aliphatic heterocycles. The molecular formula is C23H25N5OS. The molecule has 0 spiro atoms. The van der Waals surface area contributed by atoms with Gasteiger partial charge in [-0.15, -0.1) is 5.10 Å². The molecule has 1 saturated heterocycles. The molecule has 7 heteroatoms. The highest BCUT2D eigenvalue weighted by Gasteiger charge is 2.28. The van der Waals surface area contributed by atoms with Gasteiger partial charge in [0.05, 0.1) is 16.3 Å². The minimum atomic E-state index is -0.191. The van der Waals surface area contributed by atoms with Crippen LogP contribution in [0.2, 0.25) is 0 Å². The molecule has 3 heterocycles. The molecule has 5 rings (SSSR count). The van der Waals surface area contributed by atoms with Gasteiger partial charge in [0.15, 0.2) is 5.16 Å². The van der Waals surface area contributed by atoms with Gasteiger partial charge < -0.3 is 4.90 Å². The molecule has 1 unspecified atom stereocenters. The molecule has 1 fully saturated rings. The van der Waals surface area contributed by atoms with E-state index in [-0.39, 0.29) is 11.2 Å². The number of benzene rings is 2. The zero-order valence-corrected chi connectivity index (χ0v) is 17.8. The first kappa shape index (κ1) is 19.2. The molecular weight excluding hydrogens is 394 g/mol. The Morgan fingerprint density at radius 3 is 2.67 bits per heavy atom. The minimum absolute atomic E-state index is 0.191. The summed E-state index contributed by atoms with van der Waals surface area (Å²) >= 11 is 1.49. The predicted octanol–water partition coefficient (Wildman–Crippen LogP) is 4.17. The second-order valence-electron chi connectivity index (χ2n) is 7.98. The standard InChI is InChI=1S/C23H25N5OS/c1-16(30-23-26-25-22-24-19-9-5-6-10-20(19)28(22)23)21(29)27-13-11-18(12-14-27)15-17-7-3-2-4-8-17/h2-10,16,18H,11-15H2,1H3,(H,24,25). The fourth-order valence-corrected chi connectivity index (χ4v) is 5.25. The summed E-state index contributed by atoms with van der Waals surface area (Å²) in [6, 6.07) is 18.6. The average molecular weight is 420 g/mol. The van der Waals surface area contributed by atoms with Gasteiger partial charge in [0.1, 0.15) is 0 Å². The van der Waals surface area contributed by atoms with Gasteiger partial charge in [-0.1, -0.05) is 54.2 Å². The molecule has 0 saturated carbocycles. The number of H-pyrrole nitrogens is 1. The molecule has 1 N–H and O–H groups in total. The van der Waals surface area contributed by atoms with E-state index < -0.39 is 0 Å². The van der Waals surface area contributed by atoms with Gasteiger partial charge in [0.2, 0.25) is 11.7 Å². The SMILES string of the molecule is CC(Sc1n[nH]c2nc3ccccc3n12)C(=O)N1CCC(Cc2ccccc2)CC1. The molecule has 4 aromatic rings. The Bertz CT molecular complexity index is 1160. The third kappa shape index (κ3) is 3.69. The van der Waals surface area contributed by atoms with Crippen LogP contribution in [0, 0.1) is 5.92 Å². The number of aromatic amines is 1. The predicted molar refractivity (Wildman–Crippen MR) is 120 cm³/mol.